The van der Waals surface area contributed by atoms with Gasteiger partial charge in [0.15, 0.2) is 0 Å². The van der Waals surface area contributed by atoms with Crippen molar-refractivity contribution in [1.29, 1.82) is 0 Å². The first-order valence-corrected chi connectivity index (χ1v) is 6.57. The molecule has 0 saturated carbocycles. The Balaban J connectivity index is 2.24. The van der Waals surface area contributed by atoms with Gasteiger partial charge in [-0.3, -0.25) is 4.79 Å². The first kappa shape index (κ1) is 13.9. The van der Waals surface area contributed by atoms with Gasteiger partial charge in [-0.25, -0.2) is 0 Å². The second-order valence-electron chi connectivity index (χ2n) is 5.18. The predicted molar refractivity (Wildman–Crippen MR) is 73.4 cm³/mol. The standard InChI is InChI=1S/C15H21NO3/c1-15(14(17)19-3)10-11(8-9-16-15)12-6-4-5-7-13(12)18-2/h4-7,11,16H,8-10H2,1-3H3. The molecule has 0 spiro atoms. The van der Waals surface area contributed by atoms with Gasteiger partial charge in [-0.05, 0) is 43.9 Å². The van der Waals surface area contributed by atoms with Crippen molar-refractivity contribution in [2.45, 2.75) is 31.2 Å². The lowest BCUT2D eigenvalue weighted by Gasteiger charge is -2.37. The number of piperidine rings is 1. The fourth-order valence-electron chi connectivity index (χ4n) is 2.84. The summed E-state index contributed by atoms with van der Waals surface area (Å²) in [5.41, 5.74) is 0.556. The lowest BCUT2D eigenvalue weighted by Crippen LogP contribution is -2.54. The smallest absolute Gasteiger partial charge is 0.325 e. The third kappa shape index (κ3) is 2.73. The van der Waals surface area contributed by atoms with Crippen molar-refractivity contribution >= 4 is 5.97 Å². The molecule has 104 valence electrons. The highest BCUT2D eigenvalue weighted by Crippen LogP contribution is 2.37. The van der Waals surface area contributed by atoms with Gasteiger partial charge in [0.05, 0.1) is 14.2 Å². The molecular weight excluding hydrogens is 242 g/mol. The SMILES string of the molecule is COC(=O)C1(C)CC(c2ccccc2OC)CCN1. The highest BCUT2D eigenvalue weighted by atomic mass is 16.5. The zero-order valence-electron chi connectivity index (χ0n) is 11.7. The Bertz CT molecular complexity index is 460. The molecule has 0 amide bonds. The molecule has 2 rings (SSSR count). The van der Waals surface area contributed by atoms with E-state index in [1.54, 1.807) is 7.11 Å². The van der Waals surface area contributed by atoms with E-state index in [1.807, 2.05) is 25.1 Å². The summed E-state index contributed by atoms with van der Waals surface area (Å²) in [5, 5.41) is 3.27. The Hall–Kier alpha value is -1.55. The van der Waals surface area contributed by atoms with Crippen molar-refractivity contribution < 1.29 is 14.3 Å². The number of nitrogens with one attached hydrogen (secondary N) is 1. The quantitative estimate of drug-likeness (QED) is 0.848. The van der Waals surface area contributed by atoms with Gasteiger partial charge in [0, 0.05) is 0 Å². The number of methoxy groups -OCH3 is 2. The Kier molecular flexibility index (Phi) is 4.10. The average molecular weight is 263 g/mol. The minimum atomic E-state index is -0.613. The minimum Gasteiger partial charge on any atom is -0.496 e. The maximum atomic E-state index is 11.9. The minimum absolute atomic E-state index is 0.202. The van der Waals surface area contributed by atoms with E-state index >= 15 is 0 Å². The first-order valence-electron chi connectivity index (χ1n) is 6.57. The molecule has 1 aromatic rings. The Morgan fingerprint density at radius 1 is 1.37 bits per heavy atom. The van der Waals surface area contributed by atoms with Crippen LogP contribution in [-0.2, 0) is 9.53 Å². The van der Waals surface area contributed by atoms with E-state index < -0.39 is 5.54 Å². The lowest BCUT2D eigenvalue weighted by molar-refractivity contribution is -0.149. The molecule has 2 atom stereocenters. The van der Waals surface area contributed by atoms with Crippen molar-refractivity contribution in [2.75, 3.05) is 20.8 Å². The Morgan fingerprint density at radius 3 is 2.79 bits per heavy atom. The summed E-state index contributed by atoms with van der Waals surface area (Å²) in [6.07, 6.45) is 1.72. The molecule has 0 bridgehead atoms. The molecule has 1 fully saturated rings. The summed E-state index contributed by atoms with van der Waals surface area (Å²) in [6, 6.07) is 8.01. The van der Waals surface area contributed by atoms with Crippen molar-refractivity contribution in [1.82, 2.24) is 5.32 Å². The van der Waals surface area contributed by atoms with E-state index in [4.69, 9.17) is 9.47 Å². The van der Waals surface area contributed by atoms with E-state index in [0.29, 0.717) is 5.92 Å². The van der Waals surface area contributed by atoms with Gasteiger partial charge in [0.1, 0.15) is 11.3 Å². The van der Waals surface area contributed by atoms with Crippen LogP contribution in [0.15, 0.2) is 24.3 Å². The molecule has 0 aromatic heterocycles. The van der Waals surface area contributed by atoms with Crippen LogP contribution >= 0.6 is 0 Å². The van der Waals surface area contributed by atoms with Gasteiger partial charge in [-0.2, -0.15) is 0 Å². The highest BCUT2D eigenvalue weighted by molar-refractivity contribution is 5.80. The largest absolute Gasteiger partial charge is 0.496 e. The first-order chi connectivity index (χ1) is 9.10. The van der Waals surface area contributed by atoms with Crippen LogP contribution in [0.2, 0.25) is 0 Å². The van der Waals surface area contributed by atoms with Crippen LogP contribution in [0.3, 0.4) is 0 Å². The fraction of sp³-hybridized carbons (Fsp3) is 0.533. The van der Waals surface area contributed by atoms with Crippen LogP contribution in [0.25, 0.3) is 0 Å². The fourth-order valence-corrected chi connectivity index (χ4v) is 2.84. The monoisotopic (exact) mass is 263 g/mol. The number of benzene rings is 1. The molecule has 1 aliphatic heterocycles. The highest BCUT2D eigenvalue weighted by Gasteiger charge is 2.40. The molecule has 19 heavy (non-hydrogen) atoms. The number of hydrogen-bond acceptors (Lipinski definition) is 4. The number of carbonyl (C=O) groups excluding carboxylic acids is 1. The molecule has 0 radical (unpaired) electrons. The van der Waals surface area contributed by atoms with E-state index in [2.05, 4.69) is 11.4 Å². The van der Waals surface area contributed by atoms with Crippen LogP contribution in [-0.4, -0.2) is 32.3 Å². The molecule has 2 unspecified atom stereocenters. The topological polar surface area (TPSA) is 47.6 Å². The summed E-state index contributed by atoms with van der Waals surface area (Å²) < 4.78 is 10.3. The van der Waals surface area contributed by atoms with Crippen molar-refractivity contribution in [2.24, 2.45) is 0 Å². The Labute approximate surface area is 114 Å². The van der Waals surface area contributed by atoms with Gasteiger partial charge in [0.25, 0.3) is 0 Å². The zero-order valence-corrected chi connectivity index (χ0v) is 11.7. The molecular formula is C15H21NO3. The van der Waals surface area contributed by atoms with Gasteiger partial charge >= 0.3 is 5.97 Å². The van der Waals surface area contributed by atoms with E-state index in [1.165, 1.54) is 12.7 Å². The molecule has 0 aliphatic carbocycles. The number of para-hydroxylation sites is 1. The summed E-state index contributed by atoms with van der Waals surface area (Å²) in [4.78, 5) is 11.9. The van der Waals surface area contributed by atoms with Crippen molar-refractivity contribution in [3.63, 3.8) is 0 Å². The van der Waals surface area contributed by atoms with E-state index in [9.17, 15) is 4.79 Å². The summed E-state index contributed by atoms with van der Waals surface area (Å²) in [6.45, 7) is 2.70. The van der Waals surface area contributed by atoms with Crippen LogP contribution < -0.4 is 10.1 Å². The Morgan fingerprint density at radius 2 is 2.11 bits per heavy atom. The van der Waals surface area contributed by atoms with Gasteiger partial charge < -0.3 is 14.8 Å². The number of hydrogen-bond donors (Lipinski definition) is 1. The third-order valence-electron chi connectivity index (χ3n) is 3.88. The number of carbonyl (C=O) groups is 1. The van der Waals surface area contributed by atoms with Crippen LogP contribution in [0.5, 0.6) is 5.75 Å². The van der Waals surface area contributed by atoms with E-state index in [-0.39, 0.29) is 5.97 Å². The molecule has 4 heteroatoms. The normalized spacial score (nSPS) is 26.8. The molecule has 4 nitrogen and oxygen atoms in total. The number of ether oxygens (including phenoxy) is 2. The van der Waals surface area contributed by atoms with Gasteiger partial charge in [-0.1, -0.05) is 18.2 Å². The van der Waals surface area contributed by atoms with Crippen LogP contribution in [0, 0.1) is 0 Å². The van der Waals surface area contributed by atoms with Crippen molar-refractivity contribution in [3.8, 4) is 5.75 Å². The van der Waals surface area contributed by atoms with Crippen LogP contribution in [0.1, 0.15) is 31.2 Å². The van der Waals surface area contributed by atoms with Crippen molar-refractivity contribution in [3.05, 3.63) is 29.8 Å². The summed E-state index contributed by atoms with van der Waals surface area (Å²) in [7, 11) is 3.11. The average Bonchev–Trinajstić information content (AvgIpc) is 2.46. The molecule has 1 aliphatic rings. The lowest BCUT2D eigenvalue weighted by atomic mass is 9.79. The maximum Gasteiger partial charge on any atom is 0.325 e. The zero-order chi connectivity index (χ0) is 13.9. The number of esters is 1. The molecule has 1 N–H and O–H groups in total. The molecule has 1 aromatic carbocycles. The summed E-state index contributed by atoms with van der Waals surface area (Å²) >= 11 is 0. The van der Waals surface area contributed by atoms with E-state index in [0.717, 1.165) is 25.1 Å². The third-order valence-corrected chi connectivity index (χ3v) is 3.88. The summed E-state index contributed by atoms with van der Waals surface area (Å²) in [5.74, 6) is 0.996. The predicted octanol–water partition coefficient (Wildman–Crippen LogP) is 2.09. The van der Waals surface area contributed by atoms with Gasteiger partial charge in [-0.15, -0.1) is 0 Å². The second kappa shape index (κ2) is 5.61. The second-order valence-corrected chi connectivity index (χ2v) is 5.18. The number of rotatable bonds is 3. The molecule has 1 heterocycles. The van der Waals surface area contributed by atoms with Gasteiger partial charge in [0.2, 0.25) is 0 Å². The molecule has 1 saturated heterocycles. The maximum absolute atomic E-state index is 11.9. The van der Waals surface area contributed by atoms with Crippen LogP contribution in [0.4, 0.5) is 0 Å².